The number of nitrogens with zero attached hydrogens (tertiary/aromatic N) is 3. The van der Waals surface area contributed by atoms with Gasteiger partial charge in [0, 0.05) is 57.9 Å². The van der Waals surface area contributed by atoms with E-state index in [1.807, 2.05) is 49.1 Å². The molecule has 1 aliphatic carbocycles. The number of hydrogen-bond donors (Lipinski definition) is 1. The maximum Gasteiger partial charge on any atom is 0.227 e. The van der Waals surface area contributed by atoms with Crippen LogP contribution in [-0.4, -0.2) is 83.4 Å². The summed E-state index contributed by atoms with van der Waals surface area (Å²) in [4.78, 5) is 44.9. The van der Waals surface area contributed by atoms with Gasteiger partial charge in [-0.2, -0.15) is 0 Å². The average molecular weight is 526 g/mol. The Hall–Kier alpha value is -2.41. The van der Waals surface area contributed by atoms with Gasteiger partial charge in [0.25, 0.3) is 0 Å². The van der Waals surface area contributed by atoms with Crippen molar-refractivity contribution in [2.75, 3.05) is 40.3 Å². The largest absolute Gasteiger partial charge is 0.387 e. The van der Waals surface area contributed by atoms with Crippen LogP contribution in [0.2, 0.25) is 0 Å². The van der Waals surface area contributed by atoms with Gasteiger partial charge in [0.15, 0.2) is 0 Å². The molecule has 7 nitrogen and oxygen atoms in total. The maximum absolute atomic E-state index is 13.4. The number of hydrogen-bond acceptors (Lipinski definition) is 4. The molecule has 2 unspecified atom stereocenters. The van der Waals surface area contributed by atoms with Crippen LogP contribution >= 0.6 is 0 Å². The molecule has 0 bridgehead atoms. The number of amides is 3. The molecule has 38 heavy (non-hydrogen) atoms. The fraction of sp³-hybridized carbons (Fsp3) is 0.710. The first kappa shape index (κ1) is 28.6. The second kappa shape index (κ2) is 11.8. The van der Waals surface area contributed by atoms with E-state index in [-0.39, 0.29) is 49.1 Å². The van der Waals surface area contributed by atoms with Crippen LogP contribution in [0.3, 0.4) is 0 Å². The van der Waals surface area contributed by atoms with E-state index < -0.39 is 11.0 Å². The number of benzene rings is 1. The molecule has 3 amide bonds. The van der Waals surface area contributed by atoms with Crippen LogP contribution in [0, 0.1) is 17.3 Å². The third kappa shape index (κ3) is 6.24. The van der Waals surface area contributed by atoms with Crippen LogP contribution in [0.1, 0.15) is 83.1 Å². The number of aliphatic hydroxyl groups is 1. The minimum Gasteiger partial charge on any atom is -0.387 e. The Bertz CT molecular complexity index is 988. The molecule has 3 atom stereocenters. The van der Waals surface area contributed by atoms with Crippen molar-refractivity contribution in [3.63, 3.8) is 0 Å². The van der Waals surface area contributed by atoms with Crippen LogP contribution in [0.25, 0.3) is 0 Å². The third-order valence-electron chi connectivity index (χ3n) is 9.57. The molecular formula is C31H47N3O4. The van der Waals surface area contributed by atoms with Gasteiger partial charge >= 0.3 is 0 Å². The standard InChI is InChI=1S/C31H47N3O4/c1-30(2)21-33(27(35)16-15-23-11-7-5-8-12-23)18-17-31(30,38)22-34-20-26(29(37)32(3)4)25(19-28(34)36)24-13-9-6-10-14-24/h6,9-10,13-14,23,25-26,38H,5,7-8,11-12,15-22H2,1-4H3/t25?,26?,31-/m1/s1. The summed E-state index contributed by atoms with van der Waals surface area (Å²) >= 11 is 0. The van der Waals surface area contributed by atoms with E-state index in [1.54, 1.807) is 23.9 Å². The smallest absolute Gasteiger partial charge is 0.227 e. The summed E-state index contributed by atoms with van der Waals surface area (Å²) < 4.78 is 0. The summed E-state index contributed by atoms with van der Waals surface area (Å²) in [5, 5.41) is 11.9. The summed E-state index contributed by atoms with van der Waals surface area (Å²) in [6.07, 6.45) is 8.58. The van der Waals surface area contributed by atoms with Crippen molar-refractivity contribution < 1.29 is 19.5 Å². The van der Waals surface area contributed by atoms with E-state index in [0.717, 1.165) is 12.0 Å². The Morgan fingerprint density at radius 3 is 2.39 bits per heavy atom. The first-order chi connectivity index (χ1) is 18.0. The quantitative estimate of drug-likeness (QED) is 0.582. The van der Waals surface area contributed by atoms with Gasteiger partial charge in [0.1, 0.15) is 0 Å². The fourth-order valence-electron chi connectivity index (χ4n) is 6.86. The molecule has 3 aliphatic rings. The van der Waals surface area contributed by atoms with Crippen molar-refractivity contribution in [2.45, 2.75) is 83.2 Å². The van der Waals surface area contributed by atoms with Gasteiger partial charge in [-0.05, 0) is 24.3 Å². The zero-order chi connectivity index (χ0) is 27.5. The van der Waals surface area contributed by atoms with E-state index in [2.05, 4.69) is 0 Å². The molecule has 7 heteroatoms. The monoisotopic (exact) mass is 525 g/mol. The minimum absolute atomic E-state index is 0.000912. The predicted molar refractivity (Wildman–Crippen MR) is 148 cm³/mol. The van der Waals surface area contributed by atoms with Crippen LogP contribution in [0.4, 0.5) is 0 Å². The van der Waals surface area contributed by atoms with Crippen LogP contribution < -0.4 is 0 Å². The summed E-state index contributed by atoms with van der Waals surface area (Å²) in [5.41, 5.74) is -0.711. The van der Waals surface area contributed by atoms with Crippen LogP contribution in [0.15, 0.2) is 30.3 Å². The second-order valence-electron chi connectivity index (χ2n) is 12.9. The molecule has 2 aliphatic heterocycles. The molecule has 0 spiro atoms. The zero-order valence-electron chi connectivity index (χ0n) is 23.8. The van der Waals surface area contributed by atoms with Crippen LogP contribution in [0.5, 0.6) is 0 Å². The Labute approximate surface area is 228 Å². The Balaban J connectivity index is 1.42. The average Bonchev–Trinajstić information content (AvgIpc) is 2.90. The first-order valence-corrected chi connectivity index (χ1v) is 14.5. The van der Waals surface area contributed by atoms with Crippen molar-refractivity contribution in [2.24, 2.45) is 17.3 Å². The van der Waals surface area contributed by atoms with Crippen molar-refractivity contribution >= 4 is 17.7 Å². The lowest BCUT2D eigenvalue weighted by Gasteiger charge is -2.52. The summed E-state index contributed by atoms with van der Waals surface area (Å²) in [5.74, 6) is 0.282. The number of likely N-dealkylation sites (tertiary alicyclic amines) is 2. The lowest BCUT2D eigenvalue weighted by atomic mass is 9.69. The maximum atomic E-state index is 13.4. The lowest BCUT2D eigenvalue weighted by molar-refractivity contribution is -0.165. The Morgan fingerprint density at radius 1 is 1.08 bits per heavy atom. The molecule has 2 heterocycles. The molecule has 1 aromatic rings. The van der Waals surface area contributed by atoms with Crippen molar-refractivity contribution in [3.8, 4) is 0 Å². The highest BCUT2D eigenvalue weighted by Crippen LogP contribution is 2.42. The summed E-state index contributed by atoms with van der Waals surface area (Å²) in [6.45, 7) is 5.44. The van der Waals surface area contributed by atoms with E-state index in [0.29, 0.717) is 31.8 Å². The van der Waals surface area contributed by atoms with Crippen molar-refractivity contribution in [1.82, 2.24) is 14.7 Å². The van der Waals surface area contributed by atoms with E-state index in [4.69, 9.17) is 0 Å². The highest BCUT2D eigenvalue weighted by molar-refractivity contribution is 5.85. The van der Waals surface area contributed by atoms with Crippen molar-refractivity contribution in [3.05, 3.63) is 35.9 Å². The van der Waals surface area contributed by atoms with Gasteiger partial charge in [0.2, 0.25) is 17.7 Å². The minimum atomic E-state index is -1.13. The summed E-state index contributed by atoms with van der Waals surface area (Å²) in [6, 6.07) is 9.80. The van der Waals surface area contributed by atoms with Gasteiger partial charge in [0.05, 0.1) is 18.1 Å². The normalized spacial score (nSPS) is 28.3. The molecule has 2 saturated heterocycles. The van der Waals surface area contributed by atoms with Gasteiger partial charge in [-0.25, -0.2) is 0 Å². The molecular weight excluding hydrogens is 478 g/mol. The topological polar surface area (TPSA) is 81.2 Å². The number of carbonyl (C=O) groups excluding carboxylic acids is 3. The molecule has 0 aromatic heterocycles. The van der Waals surface area contributed by atoms with E-state index in [1.165, 1.54) is 32.1 Å². The Kier molecular flexibility index (Phi) is 8.85. The second-order valence-corrected chi connectivity index (χ2v) is 12.9. The summed E-state index contributed by atoms with van der Waals surface area (Å²) in [7, 11) is 3.51. The van der Waals surface area contributed by atoms with Crippen LogP contribution in [-0.2, 0) is 14.4 Å². The van der Waals surface area contributed by atoms with Gasteiger partial charge in [-0.15, -0.1) is 0 Å². The predicted octanol–water partition coefficient (Wildman–Crippen LogP) is 4.06. The number of piperidine rings is 2. The van der Waals surface area contributed by atoms with E-state index >= 15 is 0 Å². The van der Waals surface area contributed by atoms with Gasteiger partial charge in [-0.3, -0.25) is 14.4 Å². The number of rotatable bonds is 7. The van der Waals surface area contributed by atoms with Gasteiger partial charge in [-0.1, -0.05) is 76.3 Å². The lowest BCUT2D eigenvalue weighted by Crippen LogP contribution is -2.64. The third-order valence-corrected chi connectivity index (χ3v) is 9.57. The Morgan fingerprint density at radius 2 is 1.76 bits per heavy atom. The zero-order valence-corrected chi connectivity index (χ0v) is 23.8. The first-order valence-electron chi connectivity index (χ1n) is 14.5. The molecule has 3 fully saturated rings. The highest BCUT2D eigenvalue weighted by atomic mass is 16.3. The highest BCUT2D eigenvalue weighted by Gasteiger charge is 2.51. The van der Waals surface area contributed by atoms with Gasteiger partial charge < -0.3 is 19.8 Å². The fourth-order valence-corrected chi connectivity index (χ4v) is 6.86. The molecule has 210 valence electrons. The molecule has 0 radical (unpaired) electrons. The molecule has 1 N–H and O–H groups in total. The molecule has 4 rings (SSSR count). The van der Waals surface area contributed by atoms with E-state index in [9.17, 15) is 19.5 Å². The van der Waals surface area contributed by atoms with Crippen molar-refractivity contribution in [1.29, 1.82) is 0 Å². The molecule has 1 aromatic carbocycles. The number of β-amino-alcohol motifs (C(OH)–C–C–N with tert-alkyl or cyclic N) is 1. The molecule has 1 saturated carbocycles. The SMILES string of the molecule is CN(C)C(=O)C1CN(C[C@]2(O)CCN(C(=O)CCC3CCCCC3)CC2(C)C)C(=O)CC1c1ccccc1. The number of carbonyl (C=O) groups is 3.